The molecule has 90 valence electrons. The molecule has 0 aliphatic carbocycles. The summed E-state index contributed by atoms with van der Waals surface area (Å²) in [7, 11) is 0. The zero-order valence-electron chi connectivity index (χ0n) is 9.24. The molecule has 17 heavy (non-hydrogen) atoms. The number of rotatable bonds is 4. The Labute approximate surface area is 114 Å². The second-order valence-electron chi connectivity index (χ2n) is 3.41. The zero-order valence-corrected chi connectivity index (χ0v) is 11.6. The fraction of sp³-hybridized carbons (Fsp3) is 0.182. The van der Waals surface area contributed by atoms with Gasteiger partial charge in [0.2, 0.25) is 0 Å². The summed E-state index contributed by atoms with van der Waals surface area (Å²) in [5.41, 5.74) is 6.90. The van der Waals surface area contributed by atoms with Crippen LogP contribution in [0.15, 0.2) is 29.2 Å². The SMILES string of the molecule is CSc1c(N)nsc1NCc1cccc(Cl)c1. The maximum absolute atomic E-state index is 5.93. The molecule has 6 heteroatoms. The molecule has 0 radical (unpaired) electrons. The molecular weight excluding hydrogens is 274 g/mol. The minimum atomic E-state index is 0.594. The van der Waals surface area contributed by atoms with E-state index in [1.807, 2.05) is 30.5 Å². The molecule has 0 amide bonds. The lowest BCUT2D eigenvalue weighted by atomic mass is 10.2. The van der Waals surface area contributed by atoms with E-state index in [0.717, 1.165) is 27.0 Å². The van der Waals surface area contributed by atoms with Crippen LogP contribution in [0, 0.1) is 0 Å². The number of nitrogens with two attached hydrogens (primary N) is 1. The third kappa shape index (κ3) is 3.06. The van der Waals surface area contributed by atoms with Crippen LogP contribution >= 0.6 is 34.9 Å². The van der Waals surface area contributed by atoms with Crippen molar-refractivity contribution in [3.63, 3.8) is 0 Å². The molecule has 3 nitrogen and oxygen atoms in total. The van der Waals surface area contributed by atoms with Gasteiger partial charge in [-0.25, -0.2) is 0 Å². The van der Waals surface area contributed by atoms with Crippen molar-refractivity contribution in [1.82, 2.24) is 4.37 Å². The Bertz CT molecular complexity index is 513. The lowest BCUT2D eigenvalue weighted by Gasteiger charge is -2.05. The minimum absolute atomic E-state index is 0.594. The Hall–Kier alpha value is -0.910. The van der Waals surface area contributed by atoms with E-state index in [1.165, 1.54) is 11.5 Å². The van der Waals surface area contributed by atoms with Gasteiger partial charge in [-0.1, -0.05) is 23.7 Å². The van der Waals surface area contributed by atoms with Crippen LogP contribution in [0.3, 0.4) is 0 Å². The number of hydrogen-bond donors (Lipinski definition) is 2. The average Bonchev–Trinajstić information content (AvgIpc) is 2.67. The van der Waals surface area contributed by atoms with Gasteiger partial charge in [0.1, 0.15) is 5.00 Å². The van der Waals surface area contributed by atoms with Gasteiger partial charge in [-0.15, -0.1) is 11.8 Å². The summed E-state index contributed by atoms with van der Waals surface area (Å²) in [6, 6.07) is 7.78. The Balaban J connectivity index is 2.07. The topological polar surface area (TPSA) is 50.9 Å². The predicted octanol–water partition coefficient (Wildman–Crippen LogP) is 3.71. The van der Waals surface area contributed by atoms with Gasteiger partial charge in [0.25, 0.3) is 0 Å². The van der Waals surface area contributed by atoms with Gasteiger partial charge in [-0.05, 0) is 35.5 Å². The summed E-state index contributed by atoms with van der Waals surface area (Å²) < 4.78 is 4.13. The molecule has 2 aromatic rings. The van der Waals surface area contributed by atoms with E-state index < -0.39 is 0 Å². The van der Waals surface area contributed by atoms with Crippen molar-refractivity contribution >= 4 is 45.7 Å². The first-order valence-electron chi connectivity index (χ1n) is 4.98. The van der Waals surface area contributed by atoms with E-state index in [4.69, 9.17) is 17.3 Å². The van der Waals surface area contributed by atoms with Gasteiger partial charge in [0.05, 0.1) is 4.90 Å². The lowest BCUT2D eigenvalue weighted by molar-refractivity contribution is 1.15. The summed E-state index contributed by atoms with van der Waals surface area (Å²) in [4.78, 5) is 1.01. The highest BCUT2D eigenvalue weighted by Crippen LogP contribution is 2.34. The van der Waals surface area contributed by atoms with Crippen LogP contribution in [0.4, 0.5) is 10.8 Å². The summed E-state index contributed by atoms with van der Waals surface area (Å²) in [5.74, 6) is 0.594. The van der Waals surface area contributed by atoms with E-state index in [2.05, 4.69) is 9.69 Å². The molecule has 1 aromatic heterocycles. The Morgan fingerprint density at radius 1 is 1.53 bits per heavy atom. The van der Waals surface area contributed by atoms with Gasteiger partial charge < -0.3 is 11.1 Å². The monoisotopic (exact) mass is 285 g/mol. The lowest BCUT2D eigenvalue weighted by Crippen LogP contribution is -1.98. The first kappa shape index (κ1) is 12.5. The van der Waals surface area contributed by atoms with Crippen LogP contribution in [0.2, 0.25) is 5.02 Å². The maximum atomic E-state index is 5.93. The summed E-state index contributed by atoms with van der Waals surface area (Å²) >= 11 is 8.91. The largest absolute Gasteiger partial charge is 0.382 e. The smallest absolute Gasteiger partial charge is 0.153 e. The molecule has 0 atom stereocenters. The fourth-order valence-corrected chi connectivity index (χ4v) is 3.18. The molecular formula is C11H12ClN3S2. The predicted molar refractivity (Wildman–Crippen MR) is 77.1 cm³/mol. The van der Waals surface area contributed by atoms with Crippen LogP contribution in [0.1, 0.15) is 5.56 Å². The van der Waals surface area contributed by atoms with Gasteiger partial charge in [0.15, 0.2) is 5.82 Å². The first-order chi connectivity index (χ1) is 8.20. The molecule has 0 aliphatic rings. The van der Waals surface area contributed by atoms with E-state index in [9.17, 15) is 0 Å². The second kappa shape index (κ2) is 5.62. The van der Waals surface area contributed by atoms with Crippen molar-refractivity contribution in [2.75, 3.05) is 17.3 Å². The average molecular weight is 286 g/mol. The third-order valence-corrected chi connectivity index (χ3v) is 4.23. The molecule has 3 N–H and O–H groups in total. The number of nitrogens with one attached hydrogen (secondary N) is 1. The zero-order chi connectivity index (χ0) is 12.3. The molecule has 0 saturated heterocycles. The van der Waals surface area contributed by atoms with Crippen LogP contribution < -0.4 is 11.1 Å². The molecule has 0 bridgehead atoms. The number of aromatic nitrogens is 1. The normalized spacial score (nSPS) is 10.5. The van der Waals surface area contributed by atoms with Crippen molar-refractivity contribution < 1.29 is 0 Å². The first-order valence-corrected chi connectivity index (χ1v) is 7.35. The molecule has 0 spiro atoms. The summed E-state index contributed by atoms with van der Waals surface area (Å²) in [6.45, 7) is 0.718. The van der Waals surface area contributed by atoms with E-state index in [0.29, 0.717) is 5.82 Å². The van der Waals surface area contributed by atoms with Gasteiger partial charge in [0, 0.05) is 11.6 Å². The van der Waals surface area contributed by atoms with E-state index >= 15 is 0 Å². The summed E-state index contributed by atoms with van der Waals surface area (Å²) in [6.07, 6.45) is 1.99. The van der Waals surface area contributed by atoms with Crippen LogP contribution in [0.5, 0.6) is 0 Å². The minimum Gasteiger partial charge on any atom is -0.382 e. The quantitative estimate of drug-likeness (QED) is 0.841. The standard InChI is InChI=1S/C11H12ClN3S2/c1-16-9-10(13)15-17-11(9)14-6-7-3-2-4-8(12)5-7/h2-5,14H,6H2,1H3,(H2,13,15). The van der Waals surface area contributed by atoms with Gasteiger partial charge >= 0.3 is 0 Å². The van der Waals surface area contributed by atoms with Crippen molar-refractivity contribution in [3.05, 3.63) is 34.9 Å². The van der Waals surface area contributed by atoms with Crippen molar-refractivity contribution in [2.45, 2.75) is 11.4 Å². The Morgan fingerprint density at radius 2 is 2.35 bits per heavy atom. The second-order valence-corrected chi connectivity index (χ2v) is 5.44. The third-order valence-electron chi connectivity index (χ3n) is 2.22. The molecule has 1 heterocycles. The van der Waals surface area contributed by atoms with Crippen LogP contribution in [-0.4, -0.2) is 10.6 Å². The number of benzene rings is 1. The maximum Gasteiger partial charge on any atom is 0.153 e. The number of hydrogen-bond acceptors (Lipinski definition) is 5. The Morgan fingerprint density at radius 3 is 3.06 bits per heavy atom. The van der Waals surface area contributed by atoms with Crippen molar-refractivity contribution in [2.24, 2.45) is 0 Å². The highest BCUT2D eigenvalue weighted by Gasteiger charge is 2.09. The van der Waals surface area contributed by atoms with Crippen LogP contribution in [0.25, 0.3) is 0 Å². The number of anilines is 2. The fourth-order valence-electron chi connectivity index (χ4n) is 1.43. The number of nitrogens with zero attached hydrogens (tertiary/aromatic N) is 1. The van der Waals surface area contributed by atoms with Crippen molar-refractivity contribution in [1.29, 1.82) is 0 Å². The van der Waals surface area contributed by atoms with Gasteiger partial charge in [-0.2, -0.15) is 4.37 Å². The number of halogens is 1. The molecule has 2 rings (SSSR count). The molecule has 1 aromatic carbocycles. The number of thioether (sulfide) groups is 1. The van der Waals surface area contributed by atoms with Crippen LogP contribution in [-0.2, 0) is 6.54 Å². The Kier molecular flexibility index (Phi) is 4.15. The van der Waals surface area contributed by atoms with Crippen molar-refractivity contribution in [3.8, 4) is 0 Å². The molecule has 0 saturated carbocycles. The van der Waals surface area contributed by atoms with Gasteiger partial charge in [-0.3, -0.25) is 0 Å². The molecule has 0 unspecified atom stereocenters. The highest BCUT2D eigenvalue weighted by molar-refractivity contribution is 7.99. The summed E-state index contributed by atoms with van der Waals surface area (Å²) in [5, 5.41) is 5.08. The number of nitrogen functional groups attached to an aromatic ring is 1. The highest BCUT2D eigenvalue weighted by atomic mass is 35.5. The molecule has 0 aliphatic heterocycles. The van der Waals surface area contributed by atoms with E-state index in [-0.39, 0.29) is 0 Å². The van der Waals surface area contributed by atoms with E-state index in [1.54, 1.807) is 11.8 Å². The molecule has 0 fully saturated rings.